The number of aryl methyl sites for hydroxylation is 1. The topological polar surface area (TPSA) is 110 Å². The quantitative estimate of drug-likeness (QED) is 0.620. The molecular formula is C18H19N5O4S2. The van der Waals surface area contributed by atoms with Crippen LogP contribution in [-0.4, -0.2) is 58.3 Å². The molecule has 0 aliphatic carbocycles. The van der Waals surface area contributed by atoms with E-state index in [-0.39, 0.29) is 22.6 Å². The highest BCUT2D eigenvalue weighted by Crippen LogP contribution is 2.30. The van der Waals surface area contributed by atoms with Gasteiger partial charge in [0.2, 0.25) is 0 Å². The summed E-state index contributed by atoms with van der Waals surface area (Å²) in [4.78, 5) is 23.0. The highest BCUT2D eigenvalue weighted by atomic mass is 32.2. The molecule has 4 heterocycles. The van der Waals surface area contributed by atoms with Gasteiger partial charge in [0.25, 0.3) is 21.8 Å². The predicted octanol–water partition coefficient (Wildman–Crippen LogP) is 2.11. The molecule has 1 aliphatic heterocycles. The first-order chi connectivity index (χ1) is 14.0. The lowest BCUT2D eigenvalue weighted by molar-refractivity contribution is 0.0647. The van der Waals surface area contributed by atoms with E-state index in [1.807, 2.05) is 0 Å². The average molecular weight is 434 g/mol. The van der Waals surface area contributed by atoms with Crippen LogP contribution in [-0.2, 0) is 10.0 Å². The Bertz CT molecular complexity index is 1080. The fourth-order valence-corrected chi connectivity index (χ4v) is 5.90. The van der Waals surface area contributed by atoms with Gasteiger partial charge in [-0.25, -0.2) is 8.42 Å². The van der Waals surface area contributed by atoms with Gasteiger partial charge in [0.1, 0.15) is 10.3 Å². The predicted molar refractivity (Wildman–Crippen MR) is 105 cm³/mol. The number of hydrogen-bond acceptors (Lipinski definition) is 8. The second-order valence-electron chi connectivity index (χ2n) is 6.58. The first kappa shape index (κ1) is 19.7. The molecule has 152 valence electrons. The molecule has 1 fully saturated rings. The van der Waals surface area contributed by atoms with Crippen molar-refractivity contribution in [3.8, 4) is 0 Å². The van der Waals surface area contributed by atoms with Crippen LogP contribution in [0.15, 0.2) is 50.8 Å². The lowest BCUT2D eigenvalue weighted by Crippen LogP contribution is -2.40. The third-order valence-electron chi connectivity index (χ3n) is 4.65. The Hall–Kier alpha value is -2.63. The van der Waals surface area contributed by atoms with Crippen molar-refractivity contribution in [3.05, 3.63) is 59.3 Å². The molecule has 1 amide bonds. The van der Waals surface area contributed by atoms with Crippen LogP contribution in [0, 0.1) is 6.92 Å². The van der Waals surface area contributed by atoms with Crippen LogP contribution in [0.3, 0.4) is 0 Å². The average Bonchev–Trinajstić information content (AvgIpc) is 3.36. The summed E-state index contributed by atoms with van der Waals surface area (Å²) in [6.07, 6.45) is 3.57. The second-order valence-corrected chi connectivity index (χ2v) is 9.70. The van der Waals surface area contributed by atoms with Crippen LogP contribution >= 0.6 is 11.3 Å². The number of nitrogens with zero attached hydrogens (tertiary/aromatic N) is 5. The number of sulfonamides is 1. The van der Waals surface area contributed by atoms with Crippen molar-refractivity contribution in [2.24, 2.45) is 0 Å². The van der Waals surface area contributed by atoms with E-state index in [4.69, 9.17) is 4.52 Å². The molecule has 29 heavy (non-hydrogen) atoms. The van der Waals surface area contributed by atoms with E-state index in [0.717, 1.165) is 0 Å². The number of pyridine rings is 1. The van der Waals surface area contributed by atoms with Crippen molar-refractivity contribution in [1.82, 2.24) is 24.3 Å². The zero-order valence-corrected chi connectivity index (χ0v) is 17.3. The van der Waals surface area contributed by atoms with Crippen LogP contribution in [0.5, 0.6) is 0 Å². The molecule has 0 radical (unpaired) electrons. The third-order valence-corrected chi connectivity index (χ3v) is 7.88. The summed E-state index contributed by atoms with van der Waals surface area (Å²) in [6, 6.07) is 5.95. The number of amides is 1. The highest BCUT2D eigenvalue weighted by Gasteiger charge is 2.38. The Balaban J connectivity index is 1.70. The van der Waals surface area contributed by atoms with E-state index in [2.05, 4.69) is 15.1 Å². The monoisotopic (exact) mass is 433 g/mol. The minimum Gasteiger partial charge on any atom is -0.337 e. The van der Waals surface area contributed by atoms with Crippen molar-refractivity contribution in [3.63, 3.8) is 0 Å². The first-order valence-corrected chi connectivity index (χ1v) is 11.3. The molecule has 1 saturated heterocycles. The molecule has 1 unspecified atom stereocenters. The summed E-state index contributed by atoms with van der Waals surface area (Å²) in [7, 11) is -3.68. The zero-order valence-electron chi connectivity index (χ0n) is 15.6. The standard InChI is InChI=1S/C18H19N5O4S2/c1-13-20-17(27-21-13)15-12-22(29(25,26)16-6-3-10-28-16)8-4-9-23(15)18(24)14-5-2-7-19-11-14/h2-3,5-7,10-11,15H,4,8-9,12H2,1H3. The van der Waals surface area contributed by atoms with Gasteiger partial charge in [-0.3, -0.25) is 9.78 Å². The smallest absolute Gasteiger partial charge is 0.256 e. The van der Waals surface area contributed by atoms with Gasteiger partial charge < -0.3 is 9.42 Å². The van der Waals surface area contributed by atoms with E-state index in [1.54, 1.807) is 47.7 Å². The number of rotatable bonds is 4. The minimum atomic E-state index is -3.68. The Labute approximate surface area is 172 Å². The van der Waals surface area contributed by atoms with Gasteiger partial charge in [0.15, 0.2) is 5.82 Å². The molecule has 3 aromatic rings. The summed E-state index contributed by atoms with van der Waals surface area (Å²) in [5.74, 6) is 0.382. The van der Waals surface area contributed by atoms with Crippen molar-refractivity contribution in [2.45, 2.75) is 23.6 Å². The molecule has 0 bridgehead atoms. The van der Waals surface area contributed by atoms with E-state index >= 15 is 0 Å². The molecule has 3 aromatic heterocycles. The van der Waals surface area contributed by atoms with Crippen LogP contribution in [0.25, 0.3) is 0 Å². The number of thiophene rings is 1. The Morgan fingerprint density at radius 3 is 2.79 bits per heavy atom. The van der Waals surface area contributed by atoms with E-state index in [9.17, 15) is 13.2 Å². The van der Waals surface area contributed by atoms with Crippen molar-refractivity contribution in [1.29, 1.82) is 0 Å². The fourth-order valence-electron chi connectivity index (χ4n) is 3.27. The maximum absolute atomic E-state index is 13.2. The van der Waals surface area contributed by atoms with Crippen LogP contribution in [0.1, 0.15) is 34.5 Å². The lowest BCUT2D eigenvalue weighted by Gasteiger charge is -2.28. The van der Waals surface area contributed by atoms with E-state index < -0.39 is 16.1 Å². The summed E-state index contributed by atoms with van der Waals surface area (Å²) >= 11 is 1.17. The van der Waals surface area contributed by atoms with Gasteiger partial charge in [0.05, 0.1) is 5.56 Å². The summed E-state index contributed by atoms with van der Waals surface area (Å²) in [5.41, 5.74) is 0.420. The van der Waals surface area contributed by atoms with Crippen LogP contribution in [0.4, 0.5) is 0 Å². The number of carbonyl (C=O) groups is 1. The molecule has 1 aliphatic rings. The molecule has 9 nitrogen and oxygen atoms in total. The summed E-state index contributed by atoms with van der Waals surface area (Å²) in [5, 5.41) is 5.55. The van der Waals surface area contributed by atoms with Gasteiger partial charge in [0, 0.05) is 32.0 Å². The van der Waals surface area contributed by atoms with Crippen molar-refractivity contribution in [2.75, 3.05) is 19.6 Å². The highest BCUT2D eigenvalue weighted by molar-refractivity contribution is 7.91. The van der Waals surface area contributed by atoms with Crippen molar-refractivity contribution < 1.29 is 17.7 Å². The number of carbonyl (C=O) groups excluding carboxylic acids is 1. The maximum atomic E-state index is 13.2. The van der Waals surface area contributed by atoms with Crippen LogP contribution < -0.4 is 0 Å². The molecule has 0 aromatic carbocycles. The molecule has 0 saturated carbocycles. The van der Waals surface area contributed by atoms with Crippen molar-refractivity contribution >= 4 is 27.3 Å². The lowest BCUT2D eigenvalue weighted by atomic mass is 10.2. The molecule has 0 spiro atoms. The van der Waals surface area contributed by atoms with E-state index in [0.29, 0.717) is 30.9 Å². The molecule has 0 N–H and O–H groups in total. The van der Waals surface area contributed by atoms with Gasteiger partial charge in [-0.05, 0) is 36.9 Å². The zero-order chi connectivity index (χ0) is 20.4. The Morgan fingerprint density at radius 1 is 1.28 bits per heavy atom. The number of aromatic nitrogens is 3. The largest absolute Gasteiger partial charge is 0.337 e. The third kappa shape index (κ3) is 3.93. The minimum absolute atomic E-state index is 0.0356. The number of hydrogen-bond donors (Lipinski definition) is 0. The second kappa shape index (κ2) is 8.01. The maximum Gasteiger partial charge on any atom is 0.256 e. The van der Waals surface area contributed by atoms with Gasteiger partial charge in [-0.1, -0.05) is 11.2 Å². The molecule has 4 rings (SSSR count). The van der Waals surface area contributed by atoms with Gasteiger partial charge >= 0.3 is 0 Å². The normalized spacial score (nSPS) is 18.5. The Kier molecular flexibility index (Phi) is 5.43. The van der Waals surface area contributed by atoms with Crippen LogP contribution in [0.2, 0.25) is 0 Å². The molecule has 1 atom stereocenters. The first-order valence-electron chi connectivity index (χ1n) is 9.01. The van der Waals surface area contributed by atoms with Gasteiger partial charge in [-0.15, -0.1) is 11.3 Å². The molecular weight excluding hydrogens is 414 g/mol. The SMILES string of the molecule is Cc1noc(C2CN(S(=O)(=O)c3cccs3)CCCN2C(=O)c2cccnc2)n1. The van der Waals surface area contributed by atoms with E-state index in [1.165, 1.54) is 21.8 Å². The van der Waals surface area contributed by atoms with Gasteiger partial charge in [-0.2, -0.15) is 9.29 Å². The molecule has 11 heteroatoms. The fraction of sp³-hybridized carbons (Fsp3) is 0.333. The Morgan fingerprint density at radius 2 is 2.14 bits per heavy atom. The summed E-state index contributed by atoms with van der Waals surface area (Å²) in [6.45, 7) is 2.36. The summed E-state index contributed by atoms with van der Waals surface area (Å²) < 4.78 is 33.2.